The van der Waals surface area contributed by atoms with Crippen molar-refractivity contribution in [1.29, 1.82) is 0 Å². The van der Waals surface area contributed by atoms with E-state index in [1.54, 1.807) is 4.90 Å². The molecule has 172 valence electrons. The molecule has 1 aliphatic rings. The number of aliphatic hydroxyl groups excluding tert-OH is 1. The van der Waals surface area contributed by atoms with Crippen molar-refractivity contribution in [2.75, 3.05) is 18.0 Å². The van der Waals surface area contributed by atoms with E-state index in [0.29, 0.717) is 0 Å². The number of hydrogen-bond acceptors (Lipinski definition) is 4. The number of piperidine rings is 1. The summed E-state index contributed by atoms with van der Waals surface area (Å²) in [6, 6.07) is 29.4. The number of ether oxygens (including phenoxy) is 1. The van der Waals surface area contributed by atoms with Crippen LogP contribution in [0, 0.1) is 0 Å². The molecule has 3 aromatic rings. The van der Waals surface area contributed by atoms with Gasteiger partial charge in [0, 0.05) is 30.9 Å². The minimum absolute atomic E-state index is 0.00329. The monoisotopic (exact) mass is 444 g/mol. The molecule has 33 heavy (non-hydrogen) atoms. The van der Waals surface area contributed by atoms with E-state index in [9.17, 15) is 9.90 Å². The van der Waals surface area contributed by atoms with Gasteiger partial charge in [-0.1, -0.05) is 78.9 Å². The van der Waals surface area contributed by atoms with Crippen LogP contribution in [-0.2, 0) is 11.3 Å². The number of amides is 1. The second-order valence-corrected chi connectivity index (χ2v) is 8.61. The van der Waals surface area contributed by atoms with Crippen LogP contribution in [0.5, 0.6) is 0 Å². The Morgan fingerprint density at radius 3 is 2.09 bits per heavy atom. The van der Waals surface area contributed by atoms with Crippen molar-refractivity contribution in [3.63, 3.8) is 0 Å². The standard InChI is InChI=1S/C28H32N2O3/c1-22(27(31)24-13-7-3-8-14-24)29-19-17-26(18-20-29)30(25-15-9-4-10-16-25)28(32)33-21-23-11-5-2-6-12-23/h2-16,22,26-27,31H,17-21H2,1H3. The SMILES string of the molecule is CC(C(O)c1ccccc1)N1CCC(N(C(=O)OCc2ccccc2)c2ccccc2)CC1. The number of nitrogens with zero attached hydrogens (tertiary/aromatic N) is 2. The highest BCUT2D eigenvalue weighted by Gasteiger charge is 2.33. The van der Waals surface area contributed by atoms with Crippen molar-refractivity contribution in [1.82, 2.24) is 4.90 Å². The van der Waals surface area contributed by atoms with Gasteiger partial charge in [-0.05, 0) is 43.0 Å². The van der Waals surface area contributed by atoms with Crippen molar-refractivity contribution in [2.45, 2.75) is 44.6 Å². The molecule has 0 aliphatic carbocycles. The van der Waals surface area contributed by atoms with Crippen LogP contribution in [0.4, 0.5) is 10.5 Å². The highest BCUT2D eigenvalue weighted by Crippen LogP contribution is 2.28. The zero-order valence-electron chi connectivity index (χ0n) is 19.1. The third-order valence-corrected chi connectivity index (χ3v) is 6.47. The summed E-state index contributed by atoms with van der Waals surface area (Å²) in [5.41, 5.74) is 2.76. The fourth-order valence-corrected chi connectivity index (χ4v) is 4.52. The van der Waals surface area contributed by atoms with Crippen molar-refractivity contribution >= 4 is 11.8 Å². The van der Waals surface area contributed by atoms with Crippen molar-refractivity contribution in [3.05, 3.63) is 102 Å². The van der Waals surface area contributed by atoms with Gasteiger partial charge in [-0.25, -0.2) is 4.79 Å². The van der Waals surface area contributed by atoms with E-state index in [0.717, 1.165) is 42.7 Å². The van der Waals surface area contributed by atoms with Crippen molar-refractivity contribution < 1.29 is 14.6 Å². The zero-order valence-corrected chi connectivity index (χ0v) is 19.1. The number of para-hydroxylation sites is 1. The molecule has 0 saturated carbocycles. The van der Waals surface area contributed by atoms with Crippen LogP contribution in [0.15, 0.2) is 91.0 Å². The quantitative estimate of drug-likeness (QED) is 0.529. The van der Waals surface area contributed by atoms with Gasteiger partial charge in [-0.3, -0.25) is 9.80 Å². The van der Waals surface area contributed by atoms with Crippen molar-refractivity contribution in [2.24, 2.45) is 0 Å². The molecule has 0 radical (unpaired) electrons. The maximum Gasteiger partial charge on any atom is 0.414 e. The van der Waals surface area contributed by atoms with Crippen LogP contribution in [0.25, 0.3) is 0 Å². The Kier molecular flexibility index (Phi) is 7.76. The maximum absolute atomic E-state index is 13.2. The smallest absolute Gasteiger partial charge is 0.414 e. The predicted molar refractivity (Wildman–Crippen MR) is 131 cm³/mol. The first-order valence-corrected chi connectivity index (χ1v) is 11.7. The summed E-state index contributed by atoms with van der Waals surface area (Å²) >= 11 is 0. The Hall–Kier alpha value is -3.15. The largest absolute Gasteiger partial charge is 0.444 e. The molecular weight excluding hydrogens is 412 g/mol. The van der Waals surface area contributed by atoms with E-state index in [2.05, 4.69) is 11.8 Å². The fraction of sp³-hybridized carbons (Fsp3) is 0.321. The van der Waals surface area contributed by atoms with Gasteiger partial charge < -0.3 is 9.84 Å². The molecule has 1 heterocycles. The van der Waals surface area contributed by atoms with Crippen LogP contribution in [0.1, 0.15) is 37.0 Å². The lowest BCUT2D eigenvalue weighted by Crippen LogP contribution is -2.50. The number of aliphatic hydroxyl groups is 1. The summed E-state index contributed by atoms with van der Waals surface area (Å²) in [6.07, 6.45) is 0.784. The number of rotatable bonds is 7. The Labute approximate surface area is 196 Å². The molecule has 0 aromatic heterocycles. The Bertz CT molecular complexity index is 989. The van der Waals surface area contributed by atoms with Gasteiger partial charge in [-0.15, -0.1) is 0 Å². The molecule has 2 unspecified atom stereocenters. The number of benzene rings is 3. The average molecular weight is 445 g/mol. The van der Waals surface area contributed by atoms with Crippen molar-refractivity contribution in [3.8, 4) is 0 Å². The highest BCUT2D eigenvalue weighted by atomic mass is 16.6. The lowest BCUT2D eigenvalue weighted by Gasteiger charge is -2.41. The normalized spacial score (nSPS) is 16.7. The second-order valence-electron chi connectivity index (χ2n) is 8.61. The number of hydrogen-bond donors (Lipinski definition) is 1. The molecule has 5 heteroatoms. The average Bonchev–Trinajstić information content (AvgIpc) is 2.89. The molecule has 1 aliphatic heterocycles. The summed E-state index contributed by atoms with van der Waals surface area (Å²) in [7, 11) is 0. The molecule has 2 atom stereocenters. The first-order valence-electron chi connectivity index (χ1n) is 11.7. The number of likely N-dealkylation sites (tertiary alicyclic amines) is 1. The van der Waals surface area contributed by atoms with Gasteiger partial charge in [0.1, 0.15) is 6.61 Å². The van der Waals surface area contributed by atoms with Gasteiger partial charge in [0.15, 0.2) is 0 Å². The molecule has 0 bridgehead atoms. The third-order valence-electron chi connectivity index (χ3n) is 6.47. The Morgan fingerprint density at radius 2 is 1.48 bits per heavy atom. The second kappa shape index (κ2) is 11.1. The van der Waals surface area contributed by atoms with Gasteiger partial charge >= 0.3 is 6.09 Å². The van der Waals surface area contributed by atoms with Crippen LogP contribution in [-0.4, -0.2) is 41.3 Å². The first kappa shape index (κ1) is 23.0. The number of carbonyl (C=O) groups excluding carboxylic acids is 1. The molecule has 4 rings (SSSR count). The number of carbonyl (C=O) groups is 1. The minimum atomic E-state index is -0.538. The predicted octanol–water partition coefficient (Wildman–Crippen LogP) is 5.42. The van der Waals surface area contributed by atoms with E-state index >= 15 is 0 Å². The Balaban J connectivity index is 1.41. The summed E-state index contributed by atoms with van der Waals surface area (Å²) in [4.78, 5) is 17.3. The highest BCUT2D eigenvalue weighted by molar-refractivity contribution is 5.88. The van der Waals surface area contributed by atoms with Gasteiger partial charge in [-0.2, -0.15) is 0 Å². The molecule has 1 amide bonds. The van der Waals surface area contributed by atoms with Gasteiger partial charge in [0.25, 0.3) is 0 Å². The molecule has 3 aromatic carbocycles. The van der Waals surface area contributed by atoms with Crippen LogP contribution < -0.4 is 4.90 Å². The minimum Gasteiger partial charge on any atom is -0.444 e. The fourth-order valence-electron chi connectivity index (χ4n) is 4.52. The zero-order chi connectivity index (χ0) is 23.0. The summed E-state index contributed by atoms with van der Waals surface area (Å²) < 4.78 is 5.70. The van der Waals surface area contributed by atoms with E-state index < -0.39 is 6.10 Å². The summed E-state index contributed by atoms with van der Waals surface area (Å²) in [5, 5.41) is 10.8. The lowest BCUT2D eigenvalue weighted by molar-refractivity contribution is 0.0429. The molecule has 0 spiro atoms. The molecule has 5 nitrogen and oxygen atoms in total. The van der Waals surface area contributed by atoms with Gasteiger partial charge in [0.2, 0.25) is 0 Å². The van der Waals surface area contributed by atoms with Gasteiger partial charge in [0.05, 0.1) is 6.10 Å². The molecule has 1 N–H and O–H groups in total. The summed E-state index contributed by atoms with van der Waals surface area (Å²) in [6.45, 7) is 3.94. The van der Waals surface area contributed by atoms with E-state index in [1.165, 1.54) is 0 Å². The molecule has 1 saturated heterocycles. The lowest BCUT2D eigenvalue weighted by atomic mass is 9.97. The third kappa shape index (κ3) is 5.81. The van der Waals surface area contributed by atoms with E-state index in [-0.39, 0.29) is 24.8 Å². The van der Waals surface area contributed by atoms with E-state index in [4.69, 9.17) is 4.74 Å². The topological polar surface area (TPSA) is 53.0 Å². The van der Waals surface area contributed by atoms with Crippen LogP contribution in [0.2, 0.25) is 0 Å². The van der Waals surface area contributed by atoms with E-state index in [1.807, 2.05) is 91.0 Å². The first-order chi connectivity index (χ1) is 16.1. The summed E-state index contributed by atoms with van der Waals surface area (Å²) in [5.74, 6) is 0. The maximum atomic E-state index is 13.2. The van der Waals surface area contributed by atoms with Crippen LogP contribution >= 0.6 is 0 Å². The molecular formula is C28H32N2O3. The Morgan fingerprint density at radius 1 is 0.939 bits per heavy atom. The molecule has 1 fully saturated rings. The number of anilines is 1. The van der Waals surface area contributed by atoms with Crippen LogP contribution in [0.3, 0.4) is 0 Å².